The summed E-state index contributed by atoms with van der Waals surface area (Å²) >= 11 is 1.39. The minimum absolute atomic E-state index is 0.0501. The SMILES string of the molecule is CC1CCCCN1C(=O)C(NC(=O)c1cccs1)C1CCN(C(=O)C2CC2)CC1. The van der Waals surface area contributed by atoms with E-state index in [0.717, 1.165) is 51.5 Å². The third-order valence-electron chi connectivity index (χ3n) is 6.63. The van der Waals surface area contributed by atoms with Gasteiger partial charge >= 0.3 is 0 Å². The van der Waals surface area contributed by atoms with Gasteiger partial charge in [-0.1, -0.05) is 6.07 Å². The number of nitrogens with zero attached hydrogens (tertiary/aromatic N) is 2. The van der Waals surface area contributed by atoms with Crippen LogP contribution in [-0.2, 0) is 9.59 Å². The summed E-state index contributed by atoms with van der Waals surface area (Å²) in [6.07, 6.45) is 6.76. The van der Waals surface area contributed by atoms with E-state index in [2.05, 4.69) is 12.2 Å². The van der Waals surface area contributed by atoms with Gasteiger partial charge < -0.3 is 15.1 Å². The van der Waals surface area contributed by atoms with Gasteiger partial charge in [-0.2, -0.15) is 0 Å². The minimum atomic E-state index is -0.511. The summed E-state index contributed by atoms with van der Waals surface area (Å²) < 4.78 is 0. The van der Waals surface area contributed by atoms with E-state index in [4.69, 9.17) is 0 Å². The summed E-state index contributed by atoms with van der Waals surface area (Å²) in [7, 11) is 0. The molecule has 29 heavy (non-hydrogen) atoms. The van der Waals surface area contributed by atoms with Gasteiger partial charge in [0.05, 0.1) is 4.88 Å². The van der Waals surface area contributed by atoms with E-state index in [1.165, 1.54) is 11.3 Å². The maximum Gasteiger partial charge on any atom is 0.262 e. The number of likely N-dealkylation sites (tertiary alicyclic amines) is 2. The largest absolute Gasteiger partial charge is 0.342 e. The van der Waals surface area contributed by atoms with Gasteiger partial charge in [-0.15, -0.1) is 11.3 Å². The first-order valence-electron chi connectivity index (χ1n) is 11.0. The van der Waals surface area contributed by atoms with Gasteiger partial charge in [0.2, 0.25) is 11.8 Å². The Hall–Kier alpha value is -1.89. The van der Waals surface area contributed by atoms with Crippen molar-refractivity contribution in [2.45, 2.75) is 64.0 Å². The Balaban J connectivity index is 1.46. The van der Waals surface area contributed by atoms with E-state index in [1.807, 2.05) is 21.2 Å². The molecule has 3 heterocycles. The van der Waals surface area contributed by atoms with Gasteiger partial charge in [0.25, 0.3) is 5.91 Å². The number of carbonyl (C=O) groups excluding carboxylic acids is 3. The van der Waals surface area contributed by atoms with Crippen molar-refractivity contribution in [2.24, 2.45) is 11.8 Å². The Morgan fingerprint density at radius 3 is 2.45 bits per heavy atom. The Labute approximate surface area is 176 Å². The molecule has 2 aliphatic heterocycles. The monoisotopic (exact) mass is 417 g/mol. The van der Waals surface area contributed by atoms with Crippen molar-refractivity contribution in [3.63, 3.8) is 0 Å². The molecular formula is C22H31N3O3S. The summed E-state index contributed by atoms with van der Waals surface area (Å²) in [5.74, 6) is 0.465. The molecule has 3 aliphatic rings. The molecule has 0 radical (unpaired) electrons. The maximum absolute atomic E-state index is 13.5. The Bertz CT molecular complexity index is 738. The quantitative estimate of drug-likeness (QED) is 0.801. The standard InChI is InChI=1S/C22H31N3O3S/c1-15-5-2-3-11-25(15)22(28)19(23-20(26)18-6-4-14-29-18)16-9-12-24(13-10-16)21(27)17-7-8-17/h4,6,14-17,19H,2-3,5,7-13H2,1H3,(H,23,26). The number of nitrogens with one attached hydrogen (secondary N) is 1. The van der Waals surface area contributed by atoms with Crippen molar-refractivity contribution < 1.29 is 14.4 Å². The zero-order valence-electron chi connectivity index (χ0n) is 17.1. The van der Waals surface area contributed by atoms with Crippen molar-refractivity contribution in [1.82, 2.24) is 15.1 Å². The van der Waals surface area contributed by atoms with E-state index in [0.29, 0.717) is 18.0 Å². The third kappa shape index (κ3) is 4.65. The van der Waals surface area contributed by atoms with Crippen LogP contribution >= 0.6 is 11.3 Å². The van der Waals surface area contributed by atoms with E-state index in [1.54, 1.807) is 6.07 Å². The zero-order valence-corrected chi connectivity index (χ0v) is 18.0. The topological polar surface area (TPSA) is 69.7 Å². The Morgan fingerprint density at radius 2 is 1.83 bits per heavy atom. The highest BCUT2D eigenvalue weighted by molar-refractivity contribution is 7.12. The number of rotatable bonds is 5. The average Bonchev–Trinajstić information content (AvgIpc) is 3.45. The summed E-state index contributed by atoms with van der Waals surface area (Å²) in [6.45, 7) is 4.25. The fraction of sp³-hybridized carbons (Fsp3) is 0.682. The predicted molar refractivity (Wildman–Crippen MR) is 113 cm³/mol. The fourth-order valence-corrected chi connectivity index (χ4v) is 5.27. The van der Waals surface area contributed by atoms with Crippen molar-refractivity contribution >= 4 is 29.1 Å². The lowest BCUT2D eigenvalue weighted by Crippen LogP contribution is -2.57. The highest BCUT2D eigenvalue weighted by Gasteiger charge is 2.40. The van der Waals surface area contributed by atoms with Crippen molar-refractivity contribution in [1.29, 1.82) is 0 Å². The van der Waals surface area contributed by atoms with Crippen LogP contribution in [0.25, 0.3) is 0 Å². The molecule has 2 saturated heterocycles. The Morgan fingerprint density at radius 1 is 1.07 bits per heavy atom. The van der Waals surface area contributed by atoms with Crippen LogP contribution in [0.4, 0.5) is 0 Å². The molecule has 2 atom stereocenters. The maximum atomic E-state index is 13.5. The van der Waals surface area contributed by atoms with E-state index in [9.17, 15) is 14.4 Å². The van der Waals surface area contributed by atoms with Crippen LogP contribution in [0.5, 0.6) is 0 Å². The first kappa shape index (κ1) is 20.4. The van der Waals surface area contributed by atoms with Gasteiger partial charge in [0.1, 0.15) is 6.04 Å². The first-order chi connectivity index (χ1) is 14.0. The molecule has 7 heteroatoms. The molecule has 3 amide bonds. The predicted octanol–water partition coefficient (Wildman–Crippen LogP) is 2.90. The average molecular weight is 418 g/mol. The summed E-state index contributed by atoms with van der Waals surface area (Å²) in [4.78, 5) is 43.2. The summed E-state index contributed by atoms with van der Waals surface area (Å²) in [5, 5.41) is 4.94. The fourth-order valence-electron chi connectivity index (χ4n) is 4.65. The van der Waals surface area contributed by atoms with Crippen molar-refractivity contribution in [2.75, 3.05) is 19.6 Å². The number of hydrogen-bond acceptors (Lipinski definition) is 4. The molecule has 6 nitrogen and oxygen atoms in total. The number of piperidine rings is 2. The van der Waals surface area contributed by atoms with Crippen LogP contribution in [0, 0.1) is 11.8 Å². The molecule has 0 aromatic carbocycles. The van der Waals surface area contributed by atoms with Crippen LogP contribution in [0.1, 0.15) is 61.5 Å². The molecule has 4 rings (SSSR count). The van der Waals surface area contributed by atoms with Gasteiger partial charge in [-0.05, 0) is 69.2 Å². The zero-order chi connectivity index (χ0) is 20.4. The minimum Gasteiger partial charge on any atom is -0.342 e. The molecular weight excluding hydrogens is 386 g/mol. The van der Waals surface area contributed by atoms with Crippen LogP contribution < -0.4 is 5.32 Å². The van der Waals surface area contributed by atoms with Gasteiger partial charge in [-0.25, -0.2) is 0 Å². The molecule has 1 saturated carbocycles. The second-order valence-electron chi connectivity index (χ2n) is 8.74. The molecule has 1 aromatic rings. The second-order valence-corrected chi connectivity index (χ2v) is 9.69. The molecule has 1 aliphatic carbocycles. The number of amides is 3. The highest BCUT2D eigenvalue weighted by Crippen LogP contribution is 2.33. The second kappa shape index (κ2) is 8.86. The normalized spacial score (nSPS) is 24.2. The lowest BCUT2D eigenvalue weighted by Gasteiger charge is -2.40. The molecule has 0 spiro atoms. The highest BCUT2D eigenvalue weighted by atomic mass is 32.1. The lowest BCUT2D eigenvalue weighted by molar-refractivity contribution is -0.139. The summed E-state index contributed by atoms with van der Waals surface area (Å²) in [5.41, 5.74) is 0. The van der Waals surface area contributed by atoms with Crippen LogP contribution in [0.15, 0.2) is 17.5 Å². The van der Waals surface area contributed by atoms with E-state index in [-0.39, 0.29) is 35.6 Å². The molecule has 1 aromatic heterocycles. The first-order valence-corrected chi connectivity index (χ1v) is 11.9. The van der Waals surface area contributed by atoms with Crippen molar-refractivity contribution in [3.8, 4) is 0 Å². The van der Waals surface area contributed by atoms with Crippen LogP contribution in [0.3, 0.4) is 0 Å². The van der Waals surface area contributed by atoms with Crippen LogP contribution in [-0.4, -0.2) is 59.2 Å². The van der Waals surface area contributed by atoms with Gasteiger partial charge in [-0.3, -0.25) is 14.4 Å². The van der Waals surface area contributed by atoms with E-state index >= 15 is 0 Å². The van der Waals surface area contributed by atoms with E-state index < -0.39 is 6.04 Å². The number of thiophene rings is 1. The smallest absolute Gasteiger partial charge is 0.262 e. The molecule has 3 fully saturated rings. The number of hydrogen-bond donors (Lipinski definition) is 1. The summed E-state index contributed by atoms with van der Waals surface area (Å²) in [6, 6.07) is 3.35. The molecule has 0 bridgehead atoms. The lowest BCUT2D eigenvalue weighted by atomic mass is 9.87. The van der Waals surface area contributed by atoms with Crippen molar-refractivity contribution in [3.05, 3.63) is 22.4 Å². The molecule has 2 unspecified atom stereocenters. The van der Waals surface area contributed by atoms with Gasteiger partial charge in [0.15, 0.2) is 0 Å². The van der Waals surface area contributed by atoms with Crippen LogP contribution in [0.2, 0.25) is 0 Å². The van der Waals surface area contributed by atoms with Gasteiger partial charge in [0, 0.05) is 31.6 Å². The third-order valence-corrected chi connectivity index (χ3v) is 7.50. The Kier molecular flexibility index (Phi) is 6.23. The number of carbonyl (C=O) groups is 3. The molecule has 1 N–H and O–H groups in total. The molecule has 158 valence electrons.